The number of anilines is 1. The molecule has 0 saturated carbocycles. The fourth-order valence-electron chi connectivity index (χ4n) is 2.85. The summed E-state index contributed by atoms with van der Waals surface area (Å²) in [5.41, 5.74) is 0.892. The fourth-order valence-corrected chi connectivity index (χ4v) is 3.09. The van der Waals surface area contributed by atoms with E-state index >= 15 is 0 Å². The average molecular weight is 304 g/mol. The van der Waals surface area contributed by atoms with Gasteiger partial charge in [0.15, 0.2) is 0 Å². The first-order valence-corrected chi connectivity index (χ1v) is 7.57. The number of nitrogens with one attached hydrogen (secondary N) is 1. The third kappa shape index (κ3) is 2.73. The first kappa shape index (κ1) is 14.3. The molecule has 0 radical (unpaired) electrons. The van der Waals surface area contributed by atoms with Crippen LogP contribution in [0, 0.1) is 4.77 Å². The van der Waals surface area contributed by atoms with Crippen LogP contribution in [0.3, 0.4) is 0 Å². The van der Waals surface area contributed by atoms with Gasteiger partial charge in [0, 0.05) is 20.2 Å². The standard InChI is InChI=1S/C15H20N4OS/c1-15(20-2)9-6-10-18(11-15)13-16-17-14(21)19(13)12-7-4-3-5-8-12/h3-5,7-8H,6,9-11H2,1-2H3,(H,17,21). The minimum Gasteiger partial charge on any atom is -0.377 e. The third-order valence-electron chi connectivity index (χ3n) is 4.10. The Hall–Kier alpha value is -1.66. The smallest absolute Gasteiger partial charge is 0.230 e. The molecule has 0 spiro atoms. The molecule has 21 heavy (non-hydrogen) atoms. The summed E-state index contributed by atoms with van der Waals surface area (Å²) in [5, 5.41) is 7.34. The second-order valence-corrected chi connectivity index (χ2v) is 6.07. The lowest BCUT2D eigenvalue weighted by Gasteiger charge is -2.39. The highest BCUT2D eigenvalue weighted by Gasteiger charge is 2.32. The topological polar surface area (TPSA) is 46.1 Å². The number of aromatic nitrogens is 3. The predicted molar refractivity (Wildman–Crippen MR) is 85.6 cm³/mol. The molecule has 2 aromatic rings. The van der Waals surface area contributed by atoms with Gasteiger partial charge in [0.2, 0.25) is 10.7 Å². The highest BCUT2D eigenvalue weighted by molar-refractivity contribution is 7.71. The largest absolute Gasteiger partial charge is 0.377 e. The molecule has 1 aliphatic rings. The SMILES string of the molecule is COC1(C)CCCN(c2n[nH]c(=S)n2-c2ccccc2)C1. The predicted octanol–water partition coefficient (Wildman–Crippen LogP) is 2.94. The molecule has 0 aliphatic carbocycles. The van der Waals surface area contributed by atoms with E-state index in [1.54, 1.807) is 7.11 Å². The van der Waals surface area contributed by atoms with Crippen LogP contribution in [0.15, 0.2) is 30.3 Å². The zero-order chi connectivity index (χ0) is 14.9. The molecule has 0 bridgehead atoms. The van der Waals surface area contributed by atoms with Crippen molar-refractivity contribution in [3.8, 4) is 5.69 Å². The Balaban J connectivity index is 1.99. The molecule has 1 atom stereocenters. The minimum atomic E-state index is -0.132. The van der Waals surface area contributed by atoms with Crippen LogP contribution in [-0.4, -0.2) is 40.6 Å². The van der Waals surface area contributed by atoms with Crippen molar-refractivity contribution < 1.29 is 4.74 Å². The van der Waals surface area contributed by atoms with Crippen LogP contribution < -0.4 is 4.90 Å². The van der Waals surface area contributed by atoms with Gasteiger partial charge in [-0.05, 0) is 44.1 Å². The van der Waals surface area contributed by atoms with Gasteiger partial charge in [0.1, 0.15) is 0 Å². The maximum absolute atomic E-state index is 5.67. The molecule has 1 aliphatic heterocycles. The van der Waals surface area contributed by atoms with Gasteiger partial charge in [-0.1, -0.05) is 18.2 Å². The van der Waals surface area contributed by atoms with Crippen LogP contribution >= 0.6 is 12.2 Å². The molecule has 1 N–H and O–H groups in total. The van der Waals surface area contributed by atoms with Crippen LogP contribution in [0.1, 0.15) is 19.8 Å². The summed E-state index contributed by atoms with van der Waals surface area (Å²) in [6.07, 6.45) is 2.15. The Morgan fingerprint density at radius 2 is 2.10 bits per heavy atom. The number of aromatic amines is 1. The van der Waals surface area contributed by atoms with Crippen molar-refractivity contribution in [2.75, 3.05) is 25.1 Å². The number of ether oxygens (including phenoxy) is 1. The Labute approximate surface area is 129 Å². The quantitative estimate of drug-likeness (QED) is 0.886. The highest BCUT2D eigenvalue weighted by Crippen LogP contribution is 2.28. The lowest BCUT2D eigenvalue weighted by atomic mass is 9.95. The van der Waals surface area contributed by atoms with Crippen LogP contribution in [0.4, 0.5) is 5.95 Å². The number of benzene rings is 1. The number of piperidine rings is 1. The fraction of sp³-hybridized carbons (Fsp3) is 0.467. The molecule has 6 heteroatoms. The molecule has 2 heterocycles. The number of hydrogen-bond acceptors (Lipinski definition) is 4. The highest BCUT2D eigenvalue weighted by atomic mass is 32.1. The molecule has 1 aromatic heterocycles. The van der Waals surface area contributed by atoms with E-state index in [4.69, 9.17) is 17.0 Å². The van der Waals surface area contributed by atoms with Crippen molar-refractivity contribution in [2.24, 2.45) is 0 Å². The molecule has 1 saturated heterocycles. The second-order valence-electron chi connectivity index (χ2n) is 5.68. The monoisotopic (exact) mass is 304 g/mol. The van der Waals surface area contributed by atoms with E-state index < -0.39 is 0 Å². The second kappa shape index (κ2) is 5.61. The van der Waals surface area contributed by atoms with Crippen LogP contribution in [0.25, 0.3) is 5.69 Å². The maximum atomic E-state index is 5.67. The molecule has 1 fully saturated rings. The molecule has 1 unspecified atom stereocenters. The summed E-state index contributed by atoms with van der Waals surface area (Å²) in [6, 6.07) is 10.1. The average Bonchev–Trinajstić information content (AvgIpc) is 2.90. The van der Waals surface area contributed by atoms with Gasteiger partial charge in [-0.2, -0.15) is 0 Å². The van der Waals surface area contributed by atoms with Crippen molar-refractivity contribution in [3.05, 3.63) is 35.1 Å². The van der Waals surface area contributed by atoms with Crippen molar-refractivity contribution >= 4 is 18.2 Å². The van der Waals surface area contributed by atoms with Crippen molar-refractivity contribution in [1.82, 2.24) is 14.8 Å². The molecule has 112 valence electrons. The van der Waals surface area contributed by atoms with Gasteiger partial charge < -0.3 is 9.64 Å². The van der Waals surface area contributed by atoms with Gasteiger partial charge in [-0.3, -0.25) is 4.57 Å². The van der Waals surface area contributed by atoms with Crippen molar-refractivity contribution in [1.29, 1.82) is 0 Å². The van der Waals surface area contributed by atoms with Crippen molar-refractivity contribution in [3.63, 3.8) is 0 Å². The number of para-hydroxylation sites is 1. The van der Waals surface area contributed by atoms with E-state index in [9.17, 15) is 0 Å². The summed E-state index contributed by atoms with van der Waals surface area (Å²) in [7, 11) is 1.78. The Kier molecular flexibility index (Phi) is 3.82. The summed E-state index contributed by atoms with van der Waals surface area (Å²) in [5.74, 6) is 0.856. The van der Waals surface area contributed by atoms with Gasteiger partial charge in [-0.25, -0.2) is 5.10 Å². The minimum absolute atomic E-state index is 0.132. The summed E-state index contributed by atoms with van der Waals surface area (Å²) in [4.78, 5) is 2.24. The summed E-state index contributed by atoms with van der Waals surface area (Å²) < 4.78 is 8.26. The number of rotatable bonds is 3. The Bertz CT molecular complexity index is 666. The van der Waals surface area contributed by atoms with E-state index in [0.29, 0.717) is 4.77 Å². The first-order chi connectivity index (χ1) is 10.1. The van der Waals surface area contributed by atoms with Gasteiger partial charge in [-0.15, -0.1) is 5.10 Å². The van der Waals surface area contributed by atoms with Crippen LogP contribution in [0.5, 0.6) is 0 Å². The van der Waals surface area contributed by atoms with Crippen molar-refractivity contribution in [2.45, 2.75) is 25.4 Å². The van der Waals surface area contributed by atoms with Crippen LogP contribution in [-0.2, 0) is 4.74 Å². The van der Waals surface area contributed by atoms with Gasteiger partial charge in [0.05, 0.1) is 11.3 Å². The summed E-state index contributed by atoms with van der Waals surface area (Å²) in [6.45, 7) is 3.93. The number of methoxy groups -OCH3 is 1. The molecule has 0 amide bonds. The van der Waals surface area contributed by atoms with Gasteiger partial charge >= 0.3 is 0 Å². The molecular weight excluding hydrogens is 284 g/mol. The first-order valence-electron chi connectivity index (χ1n) is 7.16. The molecule has 5 nitrogen and oxygen atoms in total. The lowest BCUT2D eigenvalue weighted by Crippen LogP contribution is -2.48. The number of H-pyrrole nitrogens is 1. The zero-order valence-electron chi connectivity index (χ0n) is 12.4. The normalized spacial score (nSPS) is 22.5. The van der Waals surface area contributed by atoms with E-state index in [2.05, 4.69) is 22.0 Å². The molecular formula is C15H20N4OS. The van der Waals surface area contributed by atoms with E-state index in [-0.39, 0.29) is 5.60 Å². The van der Waals surface area contributed by atoms with E-state index in [1.165, 1.54) is 0 Å². The van der Waals surface area contributed by atoms with Crippen LogP contribution in [0.2, 0.25) is 0 Å². The number of nitrogens with zero attached hydrogens (tertiary/aromatic N) is 3. The third-order valence-corrected chi connectivity index (χ3v) is 4.38. The summed E-state index contributed by atoms with van der Waals surface area (Å²) >= 11 is 5.40. The Morgan fingerprint density at radius 1 is 1.33 bits per heavy atom. The molecule has 1 aromatic carbocycles. The van der Waals surface area contributed by atoms with E-state index in [0.717, 1.165) is 37.6 Å². The number of hydrogen-bond donors (Lipinski definition) is 1. The lowest BCUT2D eigenvalue weighted by molar-refractivity contribution is -0.00504. The Morgan fingerprint density at radius 3 is 2.81 bits per heavy atom. The maximum Gasteiger partial charge on any atom is 0.230 e. The van der Waals surface area contributed by atoms with E-state index in [1.807, 2.05) is 34.9 Å². The zero-order valence-corrected chi connectivity index (χ0v) is 13.2. The molecule has 3 rings (SSSR count). The van der Waals surface area contributed by atoms with Gasteiger partial charge in [0.25, 0.3) is 0 Å².